The zero-order valence-corrected chi connectivity index (χ0v) is 12.1. The summed E-state index contributed by atoms with van der Waals surface area (Å²) in [6, 6.07) is 5.83. The zero-order chi connectivity index (χ0) is 13.5. The van der Waals surface area contributed by atoms with E-state index in [1.165, 1.54) is 6.07 Å². The van der Waals surface area contributed by atoms with Gasteiger partial charge in [-0.3, -0.25) is 4.79 Å². The number of rotatable bonds is 6. The SMILES string of the molecule is CCCC(N)C(=O)Nc1ccccc1SC(F)F.Cl. The monoisotopic (exact) mass is 310 g/mol. The third kappa shape index (κ3) is 6.22. The molecular formula is C12H17ClF2N2OS. The minimum absolute atomic E-state index is 0. The summed E-state index contributed by atoms with van der Waals surface area (Å²) < 4.78 is 24.7. The van der Waals surface area contributed by atoms with Crippen LogP contribution < -0.4 is 11.1 Å². The molecule has 1 unspecified atom stereocenters. The van der Waals surface area contributed by atoms with Gasteiger partial charge in [0.2, 0.25) is 5.91 Å². The van der Waals surface area contributed by atoms with Crippen LogP contribution in [-0.4, -0.2) is 17.7 Å². The zero-order valence-electron chi connectivity index (χ0n) is 10.4. The van der Waals surface area contributed by atoms with Gasteiger partial charge in [0.05, 0.1) is 11.7 Å². The molecule has 1 aromatic carbocycles. The summed E-state index contributed by atoms with van der Waals surface area (Å²) in [6.45, 7) is 1.92. The molecule has 1 rings (SSSR count). The van der Waals surface area contributed by atoms with Crippen molar-refractivity contribution in [3.63, 3.8) is 0 Å². The molecule has 3 N–H and O–H groups in total. The van der Waals surface area contributed by atoms with Crippen LogP contribution in [-0.2, 0) is 4.79 Å². The number of halogens is 3. The van der Waals surface area contributed by atoms with Crippen molar-refractivity contribution >= 4 is 35.8 Å². The lowest BCUT2D eigenvalue weighted by molar-refractivity contribution is -0.117. The van der Waals surface area contributed by atoms with Gasteiger partial charge in [-0.2, -0.15) is 8.78 Å². The molecule has 0 aliphatic rings. The highest BCUT2D eigenvalue weighted by Gasteiger charge is 2.15. The van der Waals surface area contributed by atoms with Gasteiger partial charge in [0.1, 0.15) is 0 Å². The average molecular weight is 311 g/mol. The largest absolute Gasteiger partial charge is 0.324 e. The molecule has 0 fully saturated rings. The quantitative estimate of drug-likeness (QED) is 0.791. The lowest BCUT2D eigenvalue weighted by Crippen LogP contribution is -2.35. The van der Waals surface area contributed by atoms with E-state index in [-0.39, 0.29) is 18.3 Å². The molecule has 1 atom stereocenters. The van der Waals surface area contributed by atoms with Crippen LogP contribution in [0.2, 0.25) is 0 Å². The summed E-state index contributed by atoms with van der Waals surface area (Å²) in [5, 5.41) is 2.58. The fourth-order valence-corrected chi connectivity index (χ4v) is 2.03. The van der Waals surface area contributed by atoms with Crippen LogP contribution >= 0.6 is 24.2 Å². The first-order valence-electron chi connectivity index (χ1n) is 5.65. The first-order valence-corrected chi connectivity index (χ1v) is 6.52. The van der Waals surface area contributed by atoms with Crippen LogP contribution in [0.4, 0.5) is 14.5 Å². The Bertz CT molecular complexity index is 407. The maximum atomic E-state index is 12.3. The highest BCUT2D eigenvalue weighted by Crippen LogP contribution is 2.31. The Morgan fingerprint density at radius 1 is 1.42 bits per heavy atom. The second kappa shape index (κ2) is 9.12. The number of amides is 1. The summed E-state index contributed by atoms with van der Waals surface area (Å²) >= 11 is 0.403. The van der Waals surface area contributed by atoms with E-state index in [1.807, 2.05) is 6.92 Å². The standard InChI is InChI=1S/C12H16F2N2OS.ClH/c1-2-5-8(15)11(17)16-9-6-3-4-7-10(9)18-12(13)14;/h3-4,6-8,12H,2,5,15H2,1H3,(H,16,17);1H. The number of nitrogens with two attached hydrogens (primary N) is 1. The van der Waals surface area contributed by atoms with Crippen molar-refractivity contribution in [2.75, 3.05) is 5.32 Å². The molecule has 0 radical (unpaired) electrons. The molecule has 108 valence electrons. The number of anilines is 1. The molecule has 19 heavy (non-hydrogen) atoms. The number of hydrogen-bond acceptors (Lipinski definition) is 3. The lowest BCUT2D eigenvalue weighted by atomic mass is 10.1. The lowest BCUT2D eigenvalue weighted by Gasteiger charge is -2.13. The van der Waals surface area contributed by atoms with Gasteiger partial charge < -0.3 is 11.1 Å². The Hall–Kier alpha value is -0.850. The van der Waals surface area contributed by atoms with Gasteiger partial charge in [-0.1, -0.05) is 37.2 Å². The van der Waals surface area contributed by atoms with Crippen molar-refractivity contribution in [2.24, 2.45) is 5.73 Å². The molecular weight excluding hydrogens is 294 g/mol. The number of thioether (sulfide) groups is 1. The molecule has 0 saturated heterocycles. The van der Waals surface area contributed by atoms with Gasteiger partial charge in [0, 0.05) is 4.90 Å². The summed E-state index contributed by atoms with van der Waals surface area (Å²) in [5.41, 5.74) is 6.03. The predicted octanol–water partition coefficient (Wildman–Crippen LogP) is 3.49. The number of carbonyl (C=O) groups is 1. The summed E-state index contributed by atoms with van der Waals surface area (Å²) in [4.78, 5) is 12.0. The number of carbonyl (C=O) groups excluding carboxylic acids is 1. The Kier molecular flexibility index (Phi) is 8.71. The molecule has 1 aromatic rings. The van der Waals surface area contributed by atoms with E-state index in [2.05, 4.69) is 5.32 Å². The Labute approximate surface area is 121 Å². The topological polar surface area (TPSA) is 55.1 Å². The average Bonchev–Trinajstić information content (AvgIpc) is 2.31. The van der Waals surface area contributed by atoms with Gasteiger partial charge in [-0.25, -0.2) is 0 Å². The molecule has 0 saturated carbocycles. The van der Waals surface area contributed by atoms with Crippen LogP contribution in [0, 0.1) is 0 Å². The number of benzene rings is 1. The van der Waals surface area contributed by atoms with Gasteiger partial charge >= 0.3 is 0 Å². The van der Waals surface area contributed by atoms with Crippen molar-refractivity contribution in [3.05, 3.63) is 24.3 Å². The second-order valence-electron chi connectivity index (χ2n) is 3.76. The van der Waals surface area contributed by atoms with Crippen LogP contribution in [0.5, 0.6) is 0 Å². The number of nitrogens with one attached hydrogen (secondary N) is 1. The molecule has 0 bridgehead atoms. The van der Waals surface area contributed by atoms with Gasteiger partial charge in [-0.15, -0.1) is 12.4 Å². The van der Waals surface area contributed by atoms with E-state index in [9.17, 15) is 13.6 Å². The van der Waals surface area contributed by atoms with Crippen molar-refractivity contribution in [1.29, 1.82) is 0 Å². The molecule has 0 aromatic heterocycles. The van der Waals surface area contributed by atoms with E-state index >= 15 is 0 Å². The van der Waals surface area contributed by atoms with Crippen molar-refractivity contribution < 1.29 is 13.6 Å². The smallest absolute Gasteiger partial charge is 0.288 e. The fraction of sp³-hybridized carbons (Fsp3) is 0.417. The van der Waals surface area contributed by atoms with Crippen molar-refractivity contribution in [2.45, 2.75) is 36.5 Å². The fourth-order valence-electron chi connectivity index (χ4n) is 1.44. The van der Waals surface area contributed by atoms with Gasteiger partial charge in [0.25, 0.3) is 5.76 Å². The Morgan fingerprint density at radius 2 is 2.05 bits per heavy atom. The second-order valence-corrected chi connectivity index (χ2v) is 4.79. The summed E-state index contributed by atoms with van der Waals surface area (Å²) in [6.07, 6.45) is 1.36. The van der Waals surface area contributed by atoms with Crippen molar-refractivity contribution in [1.82, 2.24) is 0 Å². The third-order valence-electron chi connectivity index (χ3n) is 2.30. The minimum atomic E-state index is -2.52. The van der Waals surface area contributed by atoms with Crippen molar-refractivity contribution in [3.8, 4) is 0 Å². The first-order chi connectivity index (χ1) is 8.54. The molecule has 0 spiro atoms. The van der Waals surface area contributed by atoms with E-state index in [4.69, 9.17) is 5.73 Å². The summed E-state index contributed by atoms with van der Waals surface area (Å²) in [5.74, 6) is -2.87. The van der Waals surface area contributed by atoms with E-state index < -0.39 is 11.8 Å². The van der Waals surface area contributed by atoms with E-state index in [1.54, 1.807) is 18.2 Å². The highest BCUT2D eigenvalue weighted by molar-refractivity contribution is 7.99. The molecule has 7 heteroatoms. The van der Waals surface area contributed by atoms with E-state index in [0.29, 0.717) is 28.8 Å². The molecule has 0 aliphatic heterocycles. The Morgan fingerprint density at radius 3 is 2.63 bits per heavy atom. The maximum absolute atomic E-state index is 12.3. The first kappa shape index (κ1) is 18.1. The predicted molar refractivity (Wildman–Crippen MR) is 77.1 cm³/mol. The maximum Gasteiger partial charge on any atom is 0.288 e. The molecule has 0 heterocycles. The van der Waals surface area contributed by atoms with E-state index in [0.717, 1.165) is 6.42 Å². The van der Waals surface area contributed by atoms with Gasteiger partial charge in [0.15, 0.2) is 0 Å². The van der Waals surface area contributed by atoms with Crippen LogP contribution in [0.3, 0.4) is 0 Å². The van der Waals surface area contributed by atoms with Gasteiger partial charge in [-0.05, 0) is 18.6 Å². The highest BCUT2D eigenvalue weighted by atomic mass is 35.5. The number of hydrogen-bond donors (Lipinski definition) is 2. The number of alkyl halides is 2. The minimum Gasteiger partial charge on any atom is -0.324 e. The van der Waals surface area contributed by atoms with Crippen LogP contribution in [0.25, 0.3) is 0 Å². The number of para-hydroxylation sites is 1. The van der Waals surface area contributed by atoms with Crippen LogP contribution in [0.1, 0.15) is 19.8 Å². The third-order valence-corrected chi connectivity index (χ3v) is 3.09. The molecule has 0 aliphatic carbocycles. The Balaban J connectivity index is 0.00000324. The molecule has 3 nitrogen and oxygen atoms in total. The normalized spacial score (nSPS) is 11.8. The summed E-state index contributed by atoms with van der Waals surface area (Å²) in [7, 11) is 0. The molecule has 1 amide bonds. The van der Waals surface area contributed by atoms with Crippen LogP contribution in [0.15, 0.2) is 29.2 Å².